The van der Waals surface area contributed by atoms with Gasteiger partial charge in [-0.15, -0.1) is 0 Å². The lowest BCUT2D eigenvalue weighted by Gasteiger charge is -2.22. The van der Waals surface area contributed by atoms with Gasteiger partial charge in [-0.05, 0) is 61.1 Å². The van der Waals surface area contributed by atoms with Crippen LogP contribution in [0.2, 0.25) is 0 Å². The number of halogens is 1. The van der Waals surface area contributed by atoms with Crippen molar-refractivity contribution in [2.24, 2.45) is 11.8 Å². The van der Waals surface area contributed by atoms with Gasteiger partial charge in [0.2, 0.25) is 5.88 Å². The van der Waals surface area contributed by atoms with E-state index < -0.39 is 11.9 Å². The van der Waals surface area contributed by atoms with Gasteiger partial charge in [-0.25, -0.2) is 19.2 Å². The topological polar surface area (TPSA) is 132 Å². The second-order valence-corrected chi connectivity index (χ2v) is 9.09. The van der Waals surface area contributed by atoms with Crippen LogP contribution in [0.25, 0.3) is 21.9 Å². The highest BCUT2D eigenvalue weighted by Gasteiger charge is 2.33. The van der Waals surface area contributed by atoms with Crippen molar-refractivity contribution < 1.29 is 23.8 Å². The Balaban J connectivity index is 0.000000265. The number of nitrogens with zero attached hydrogens (tertiary/aromatic N) is 2. The molecular weight excluding hydrogens is 453 g/mol. The van der Waals surface area contributed by atoms with Crippen molar-refractivity contribution in [2.45, 2.75) is 26.2 Å². The number of amides is 1. The number of nitrogen functional groups attached to an aromatic ring is 1. The first kappa shape index (κ1) is 23.1. The number of rotatable bonds is 3. The van der Waals surface area contributed by atoms with E-state index in [9.17, 15) is 9.18 Å². The molecule has 1 amide bonds. The molecule has 184 valence electrons. The van der Waals surface area contributed by atoms with Crippen molar-refractivity contribution in [1.29, 1.82) is 0 Å². The van der Waals surface area contributed by atoms with E-state index in [0.717, 1.165) is 36.3 Å². The summed E-state index contributed by atoms with van der Waals surface area (Å²) in [6.07, 6.45) is 5.95. The third-order valence-electron chi connectivity index (χ3n) is 6.72. The number of nitrogens with one attached hydrogen (secondary N) is 2. The van der Waals surface area contributed by atoms with Crippen LogP contribution in [-0.2, 0) is 4.74 Å². The molecule has 2 aromatic heterocycles. The first-order chi connectivity index (χ1) is 16.9. The second-order valence-electron chi connectivity index (χ2n) is 9.09. The van der Waals surface area contributed by atoms with Crippen molar-refractivity contribution in [3.63, 3.8) is 0 Å². The van der Waals surface area contributed by atoms with Gasteiger partial charge in [0.25, 0.3) is 0 Å². The number of hydrogen-bond acceptors (Lipinski definition) is 7. The molecule has 1 unspecified atom stereocenters. The quantitative estimate of drug-likeness (QED) is 0.398. The van der Waals surface area contributed by atoms with E-state index in [0.29, 0.717) is 35.4 Å². The zero-order valence-corrected chi connectivity index (χ0v) is 19.4. The molecule has 3 aliphatic rings. The predicted octanol–water partition coefficient (Wildman–Crippen LogP) is 4.65. The molecule has 2 fully saturated rings. The lowest BCUT2D eigenvalue weighted by molar-refractivity contribution is 0.182. The van der Waals surface area contributed by atoms with Gasteiger partial charge in [-0.1, -0.05) is 0 Å². The third-order valence-corrected chi connectivity index (χ3v) is 6.72. The van der Waals surface area contributed by atoms with E-state index in [1.165, 1.54) is 31.5 Å². The summed E-state index contributed by atoms with van der Waals surface area (Å²) in [6.45, 7) is 5.09. The van der Waals surface area contributed by atoms with E-state index >= 15 is 0 Å². The van der Waals surface area contributed by atoms with E-state index in [1.54, 1.807) is 12.3 Å². The molecule has 0 bridgehead atoms. The molecule has 10 heteroatoms. The van der Waals surface area contributed by atoms with E-state index in [1.807, 2.05) is 6.92 Å². The van der Waals surface area contributed by atoms with E-state index in [2.05, 4.69) is 20.6 Å². The van der Waals surface area contributed by atoms with Crippen molar-refractivity contribution in [3.05, 3.63) is 35.9 Å². The first-order valence-electron chi connectivity index (χ1n) is 11.7. The van der Waals surface area contributed by atoms with Gasteiger partial charge in [-0.3, -0.25) is 5.32 Å². The van der Waals surface area contributed by atoms with Gasteiger partial charge in [0.05, 0.1) is 5.69 Å². The Labute approximate surface area is 201 Å². The Bertz CT molecular complexity index is 1270. The highest BCUT2D eigenvalue weighted by atomic mass is 19.1. The monoisotopic (exact) mass is 481 g/mol. The number of nitrogens with two attached hydrogens (primary N) is 1. The van der Waals surface area contributed by atoms with Crippen LogP contribution in [0, 0.1) is 24.6 Å². The average Bonchev–Trinajstić information content (AvgIpc) is 3.56. The molecular formula is C25H28FN5O4. The zero-order chi connectivity index (χ0) is 24.5. The zero-order valence-electron chi connectivity index (χ0n) is 19.4. The molecule has 1 aromatic carbocycles. The molecule has 0 radical (unpaired) electrons. The molecule has 5 N–H and O–H groups in total. The molecule has 1 atom stereocenters. The average molecular weight is 482 g/mol. The smallest absolute Gasteiger partial charge is 0.410 e. The Morgan fingerprint density at radius 3 is 2.71 bits per heavy atom. The van der Waals surface area contributed by atoms with Crippen LogP contribution in [0.15, 0.2) is 24.5 Å². The Morgan fingerprint density at radius 1 is 1.17 bits per heavy atom. The summed E-state index contributed by atoms with van der Waals surface area (Å²) in [6, 6.07) is 3.11. The summed E-state index contributed by atoms with van der Waals surface area (Å²) in [5.74, 6) is 2.05. The second kappa shape index (κ2) is 9.53. The molecule has 1 saturated heterocycles. The first-order valence-corrected chi connectivity index (χ1v) is 11.7. The number of benzene rings is 1. The number of aromatic nitrogens is 2. The van der Waals surface area contributed by atoms with Crippen molar-refractivity contribution in [2.75, 3.05) is 42.7 Å². The standard InChI is InChI=1S/C18H16FN5O3.C7H12O/c1-8-11(6-23-17-16(8)21-2-3-27-17)10-4-9-5-13(24-18(25)26)22-7-12(9)15(20)14(10)19;1-2-6(1)7-3-4-8-5-7/h4-7,21H,2-3,20H2,1H3,(H,22,24)(H,25,26);6-7H,1-5H2. The summed E-state index contributed by atoms with van der Waals surface area (Å²) < 4.78 is 25.8. The number of hydrogen-bond donors (Lipinski definition) is 4. The summed E-state index contributed by atoms with van der Waals surface area (Å²) in [7, 11) is 0. The number of pyridine rings is 2. The molecule has 9 nitrogen and oxygen atoms in total. The van der Waals surface area contributed by atoms with E-state index in [-0.39, 0.29) is 17.1 Å². The van der Waals surface area contributed by atoms with Gasteiger partial charge in [0.1, 0.15) is 18.1 Å². The Kier molecular flexibility index (Phi) is 6.29. The fraction of sp³-hybridized carbons (Fsp3) is 0.400. The SMILES string of the molecule is C1CC(C2CC2)CO1.Cc1c(-c2cc3cc(NC(=O)O)ncc3c(N)c2F)cnc2c1NCCO2. The molecule has 1 aliphatic carbocycles. The maximum atomic E-state index is 15.0. The van der Waals surface area contributed by atoms with Crippen LogP contribution in [0.1, 0.15) is 24.8 Å². The maximum absolute atomic E-state index is 15.0. The van der Waals surface area contributed by atoms with Gasteiger partial charge < -0.3 is 25.6 Å². The molecule has 4 heterocycles. The fourth-order valence-corrected chi connectivity index (χ4v) is 4.66. The van der Waals surface area contributed by atoms with E-state index in [4.69, 9.17) is 20.3 Å². The van der Waals surface area contributed by atoms with Gasteiger partial charge in [0.15, 0.2) is 5.82 Å². The number of fused-ring (bicyclic) bond motifs is 2. The fourth-order valence-electron chi connectivity index (χ4n) is 4.66. The van der Waals surface area contributed by atoms with Gasteiger partial charge in [0, 0.05) is 48.7 Å². The Hall–Kier alpha value is -3.66. The minimum Gasteiger partial charge on any atom is -0.474 e. The van der Waals surface area contributed by atoms with Crippen LogP contribution in [0.5, 0.6) is 5.88 Å². The van der Waals surface area contributed by atoms with Crippen LogP contribution in [0.3, 0.4) is 0 Å². The van der Waals surface area contributed by atoms with Crippen molar-refractivity contribution >= 4 is 34.1 Å². The third kappa shape index (κ3) is 4.79. The lowest BCUT2D eigenvalue weighted by Crippen LogP contribution is -2.20. The Morgan fingerprint density at radius 2 is 2.00 bits per heavy atom. The highest BCUT2D eigenvalue weighted by molar-refractivity contribution is 5.99. The number of ether oxygens (including phenoxy) is 2. The van der Waals surface area contributed by atoms with Gasteiger partial charge >= 0.3 is 6.09 Å². The molecule has 35 heavy (non-hydrogen) atoms. The van der Waals surface area contributed by atoms with Crippen LogP contribution >= 0.6 is 0 Å². The van der Waals surface area contributed by atoms with Gasteiger partial charge in [-0.2, -0.15) is 0 Å². The highest BCUT2D eigenvalue weighted by Crippen LogP contribution is 2.41. The number of carboxylic acid groups (broad SMARTS) is 1. The number of anilines is 3. The maximum Gasteiger partial charge on any atom is 0.410 e. The predicted molar refractivity (Wildman–Crippen MR) is 131 cm³/mol. The van der Waals surface area contributed by atoms with Crippen molar-refractivity contribution in [1.82, 2.24) is 9.97 Å². The molecule has 2 aliphatic heterocycles. The summed E-state index contributed by atoms with van der Waals surface area (Å²) in [5, 5.41) is 15.2. The molecule has 6 rings (SSSR count). The molecule has 0 spiro atoms. The largest absolute Gasteiger partial charge is 0.474 e. The van der Waals surface area contributed by atoms with Crippen LogP contribution in [0.4, 0.5) is 26.4 Å². The molecule has 1 saturated carbocycles. The summed E-state index contributed by atoms with van der Waals surface area (Å²) >= 11 is 0. The van der Waals surface area contributed by atoms with Crippen molar-refractivity contribution in [3.8, 4) is 17.0 Å². The van der Waals surface area contributed by atoms with Crippen LogP contribution < -0.4 is 21.1 Å². The normalized spacial score (nSPS) is 18.6. The summed E-state index contributed by atoms with van der Waals surface area (Å²) in [5.41, 5.74) is 8.28. The lowest BCUT2D eigenvalue weighted by atomic mass is 9.97. The molecule has 3 aromatic rings. The summed E-state index contributed by atoms with van der Waals surface area (Å²) in [4.78, 5) is 19.1. The number of carbonyl (C=O) groups is 1. The minimum absolute atomic E-state index is 0.0572. The van der Waals surface area contributed by atoms with Crippen LogP contribution in [-0.4, -0.2) is 47.5 Å². The minimum atomic E-state index is -1.24.